The van der Waals surface area contributed by atoms with Crippen LogP contribution in [0.2, 0.25) is 0 Å². The van der Waals surface area contributed by atoms with Gasteiger partial charge in [0.2, 0.25) is 0 Å². The number of rotatable bonds is 3. The molecule has 9 rings (SSSR count). The average molecular weight is 559 g/mol. The molecule has 1 heteroatoms. The summed E-state index contributed by atoms with van der Waals surface area (Å²) in [6.45, 7) is 0. The maximum atomic E-state index is 9.56. The average Bonchev–Trinajstić information content (AvgIpc) is 3.69. The van der Waals surface area contributed by atoms with Crippen molar-refractivity contribution < 1.29 is 37.3 Å². The van der Waals surface area contributed by atoms with Crippen molar-refractivity contribution in [2.75, 3.05) is 0 Å². The lowest BCUT2D eigenvalue weighted by Crippen LogP contribution is -1.96. The molecule has 0 radical (unpaired) electrons. The number of hydrogen-bond donors (Lipinski definition) is 0. The van der Waals surface area contributed by atoms with Gasteiger partial charge in [0.15, 0.2) is 0 Å². The van der Waals surface area contributed by atoms with Gasteiger partial charge < -0.3 is 4.42 Å². The van der Waals surface area contributed by atoms with Gasteiger partial charge in [-0.05, 0) is 83.8 Å². The smallest absolute Gasteiger partial charge is 0.136 e. The van der Waals surface area contributed by atoms with E-state index in [0.29, 0.717) is 0 Å². The second-order valence-corrected chi connectivity index (χ2v) is 9.39. The number of para-hydroxylation sites is 1. The molecule has 0 saturated heterocycles. The number of benzene rings is 8. The molecule has 42 heavy (non-hydrogen) atoms. The molecule has 0 aliphatic heterocycles. The first-order valence-electron chi connectivity index (χ1n) is 24.6. The van der Waals surface area contributed by atoms with Gasteiger partial charge in [0.05, 0.1) is 32.9 Å². The molecule has 1 aromatic heterocycles. The zero-order valence-electron chi connectivity index (χ0n) is 45.1. The predicted octanol–water partition coefficient (Wildman–Crippen LogP) is 11.5. The van der Waals surface area contributed by atoms with Crippen LogP contribution in [-0.4, -0.2) is 0 Å². The normalized spacial score (nSPS) is 19.9. The molecule has 1 heterocycles. The molecule has 0 saturated carbocycles. The van der Waals surface area contributed by atoms with Gasteiger partial charge in [0.25, 0.3) is 0 Å². The highest BCUT2D eigenvalue weighted by Crippen LogP contribution is 2.44. The predicted molar refractivity (Wildman–Crippen MR) is 178 cm³/mol. The molecule has 0 atom stereocenters. The zero-order chi connectivity index (χ0) is 48.5. The summed E-state index contributed by atoms with van der Waals surface area (Å²) in [6.07, 6.45) is -0.847. The first kappa shape index (κ1) is 9.86. The van der Waals surface area contributed by atoms with Crippen LogP contribution in [0, 0.1) is 0 Å². The van der Waals surface area contributed by atoms with E-state index in [2.05, 4.69) is 0 Å². The van der Waals surface area contributed by atoms with Crippen molar-refractivity contribution in [1.29, 1.82) is 0 Å². The Labute approximate surface area is 277 Å². The molecule has 1 nitrogen and oxygen atoms in total. The number of hydrogen-bond acceptors (Lipinski definition) is 1. The van der Waals surface area contributed by atoms with Crippen LogP contribution in [0.25, 0.3) is 76.2 Å². The van der Waals surface area contributed by atoms with E-state index in [9.17, 15) is 9.60 Å². The lowest BCUT2D eigenvalue weighted by atomic mass is 9.85. The highest BCUT2D eigenvalue weighted by atomic mass is 16.3. The van der Waals surface area contributed by atoms with Crippen molar-refractivity contribution in [2.45, 2.75) is 6.42 Å². The minimum Gasteiger partial charge on any atom is -0.456 e. The van der Waals surface area contributed by atoms with Gasteiger partial charge in [-0.3, -0.25) is 0 Å². The van der Waals surface area contributed by atoms with Gasteiger partial charge in [-0.15, -0.1) is 0 Å². The maximum absolute atomic E-state index is 9.56. The minimum atomic E-state index is -0.888. The first-order chi connectivity index (χ1) is 30.8. The van der Waals surface area contributed by atoms with E-state index in [4.69, 9.17) is 27.7 Å². The quantitative estimate of drug-likeness (QED) is 0.155. The lowest BCUT2D eigenvalue weighted by molar-refractivity contribution is 0.669. The monoisotopic (exact) mass is 558 g/mol. The van der Waals surface area contributed by atoms with Crippen LogP contribution in [0.1, 0.15) is 44.0 Å². The van der Waals surface area contributed by atoms with Crippen LogP contribution in [0.4, 0.5) is 0 Å². The molecule has 9 aromatic rings. The van der Waals surface area contributed by atoms with Crippen molar-refractivity contribution in [3.8, 4) is 11.1 Å². The third-order valence-electron chi connectivity index (χ3n) is 7.14. The first-order valence-corrected chi connectivity index (χ1v) is 12.6. The molecule has 0 aliphatic carbocycles. The molecule has 8 aromatic carbocycles. The zero-order valence-corrected chi connectivity index (χ0v) is 21.1. The van der Waals surface area contributed by atoms with Crippen molar-refractivity contribution in [3.05, 3.63) is 156 Å². The second kappa shape index (κ2) is 9.06. The SMILES string of the molecule is [2H]c1c([2H])c([2H])c2c(oc3c([2H])c([2H])c([2H])c(-c4c5c([2H])c([2H])c([2H])c([2H])c5c(Cc5c([2H])c([2H])c6c([2H])c([2H])c7c([2H])c([2H])c([2H])c([2H])c7c6c5[2H])c5c([2H])c([2H])c([2H])c([2H])c45)c32)c1[2H]. The van der Waals surface area contributed by atoms with Crippen LogP contribution in [0.3, 0.4) is 0 Å². The summed E-state index contributed by atoms with van der Waals surface area (Å²) < 4.78 is 219. The molecular weight excluding hydrogens is 508 g/mol. The van der Waals surface area contributed by atoms with E-state index in [0.717, 1.165) is 0 Å². The number of furan rings is 1. The van der Waals surface area contributed by atoms with E-state index in [1.165, 1.54) is 0 Å². The molecule has 0 N–H and O–H groups in total. The Morgan fingerprint density at radius 2 is 1.02 bits per heavy atom. The number of fused-ring (bicyclic) bond motifs is 8. The molecule has 196 valence electrons. The molecule has 0 bridgehead atoms. The van der Waals surface area contributed by atoms with E-state index >= 15 is 0 Å². The van der Waals surface area contributed by atoms with Crippen LogP contribution in [-0.2, 0) is 6.42 Å². The van der Waals surface area contributed by atoms with Gasteiger partial charge >= 0.3 is 0 Å². The fraction of sp³-hybridized carbons (Fsp3) is 0.0244. The molecule has 0 unspecified atom stereocenters. The summed E-state index contributed by atoms with van der Waals surface area (Å²) in [5.74, 6) is 0. The summed E-state index contributed by atoms with van der Waals surface area (Å²) >= 11 is 0. The van der Waals surface area contributed by atoms with E-state index in [-0.39, 0.29) is 5.56 Å². The standard InChI is InChI=1S/C41H26O/c1-2-11-29-27(10-1)22-23-28-21-20-26(24-36(28)29)25-37-30-12-3-5-14-32(30)40(33-15-6-4-13-31(33)37)35-17-9-19-39-41(35)34-16-7-8-18-38(34)42-39/h1-24H,25H2/i1D,2D,3D,4D,5D,6D,7D,8D,9D,10D,11D,12D,13D,14D,15D,16D,17D,18D,19D,20D,21D,22D,23D,24D. The Morgan fingerprint density at radius 1 is 0.452 bits per heavy atom. The van der Waals surface area contributed by atoms with Gasteiger partial charge in [-0.25, -0.2) is 0 Å². The van der Waals surface area contributed by atoms with Gasteiger partial charge in [-0.2, -0.15) is 0 Å². The molecular formula is C41H26O. The Balaban J connectivity index is 1.57. The Morgan fingerprint density at radius 3 is 1.79 bits per heavy atom. The highest BCUT2D eigenvalue weighted by Gasteiger charge is 2.19. The van der Waals surface area contributed by atoms with Crippen LogP contribution in [0.5, 0.6) is 0 Å². The van der Waals surface area contributed by atoms with E-state index in [1.807, 2.05) is 0 Å². The maximum Gasteiger partial charge on any atom is 0.136 e. The molecule has 0 spiro atoms. The highest BCUT2D eigenvalue weighted by molar-refractivity contribution is 6.22. The largest absolute Gasteiger partial charge is 0.456 e. The summed E-state index contributed by atoms with van der Waals surface area (Å²) in [5.41, 5.74) is -2.98. The fourth-order valence-electron chi connectivity index (χ4n) is 5.39. The van der Waals surface area contributed by atoms with E-state index in [1.54, 1.807) is 0 Å². The van der Waals surface area contributed by atoms with Crippen molar-refractivity contribution in [3.63, 3.8) is 0 Å². The fourth-order valence-corrected chi connectivity index (χ4v) is 5.39. The third kappa shape index (κ3) is 3.44. The second-order valence-electron chi connectivity index (χ2n) is 9.39. The molecule has 0 amide bonds. The Kier molecular flexibility index (Phi) is 2.13. The molecule has 0 aliphatic rings. The lowest BCUT2D eigenvalue weighted by Gasteiger charge is -2.18. The Hall–Kier alpha value is -5.40. The molecule has 0 fully saturated rings. The van der Waals surface area contributed by atoms with Gasteiger partial charge in [0.1, 0.15) is 11.2 Å². The summed E-state index contributed by atoms with van der Waals surface area (Å²) in [4.78, 5) is 0. The van der Waals surface area contributed by atoms with Crippen molar-refractivity contribution >= 4 is 65.0 Å². The van der Waals surface area contributed by atoms with Crippen molar-refractivity contribution in [1.82, 2.24) is 0 Å². The van der Waals surface area contributed by atoms with Gasteiger partial charge in [0, 0.05) is 10.8 Å². The Bertz CT molecular complexity index is 3750. The van der Waals surface area contributed by atoms with Crippen molar-refractivity contribution in [2.24, 2.45) is 0 Å². The topological polar surface area (TPSA) is 13.1 Å². The summed E-state index contributed by atoms with van der Waals surface area (Å²) in [5, 5.41) is -4.72. The summed E-state index contributed by atoms with van der Waals surface area (Å²) in [7, 11) is 0. The van der Waals surface area contributed by atoms with Crippen LogP contribution < -0.4 is 0 Å². The van der Waals surface area contributed by atoms with Crippen LogP contribution in [0.15, 0.2) is 149 Å². The minimum absolute atomic E-state index is 0.372. The van der Waals surface area contributed by atoms with E-state index < -0.39 is 233 Å². The van der Waals surface area contributed by atoms with Crippen LogP contribution >= 0.6 is 0 Å². The van der Waals surface area contributed by atoms with Gasteiger partial charge in [-0.1, -0.05) is 133 Å². The summed E-state index contributed by atoms with van der Waals surface area (Å²) in [6, 6.07) is -19.0. The third-order valence-corrected chi connectivity index (χ3v) is 7.14.